The monoisotopic (exact) mass is 375 g/mol. The molecule has 27 heavy (non-hydrogen) atoms. The van der Waals surface area contributed by atoms with Crippen molar-refractivity contribution in [2.45, 2.75) is 52.6 Å². The molecule has 1 saturated carbocycles. The number of carbonyl (C=O) groups is 1. The molecule has 1 amide bonds. The van der Waals surface area contributed by atoms with Crippen molar-refractivity contribution in [3.63, 3.8) is 0 Å². The molecule has 1 aromatic heterocycles. The molecule has 1 aromatic rings. The topological polar surface area (TPSA) is 78.9 Å². The number of rotatable bonds is 8. The van der Waals surface area contributed by atoms with Gasteiger partial charge in [-0.1, -0.05) is 0 Å². The van der Waals surface area contributed by atoms with Crippen LogP contribution >= 0.6 is 0 Å². The van der Waals surface area contributed by atoms with Crippen LogP contribution in [0, 0.1) is 5.92 Å². The number of hydrogen-bond donors (Lipinski definition) is 2. The molecule has 7 heteroatoms. The summed E-state index contributed by atoms with van der Waals surface area (Å²) < 4.78 is 5.73. The standard InChI is InChI=1S/C20H33N5O2/c1-6-21-19(25(5)13-17(26)24-20(2,3)4)23-12-16-9-10-22-18(11-16)27-14-15-7-8-15/h9-11,15H,6-8,12-14H2,1-5H3,(H,21,23)(H,24,26). The van der Waals surface area contributed by atoms with E-state index in [1.165, 1.54) is 12.8 Å². The maximum absolute atomic E-state index is 12.2. The summed E-state index contributed by atoms with van der Waals surface area (Å²) in [5, 5.41) is 6.20. The lowest BCUT2D eigenvalue weighted by molar-refractivity contribution is -0.122. The van der Waals surface area contributed by atoms with Crippen molar-refractivity contribution in [3.8, 4) is 5.88 Å². The van der Waals surface area contributed by atoms with Gasteiger partial charge in [0.15, 0.2) is 5.96 Å². The molecule has 1 aliphatic carbocycles. The van der Waals surface area contributed by atoms with Gasteiger partial charge in [-0.3, -0.25) is 4.79 Å². The second-order valence-corrected chi connectivity index (χ2v) is 8.08. The van der Waals surface area contributed by atoms with Gasteiger partial charge in [0, 0.05) is 31.4 Å². The molecule has 0 radical (unpaired) electrons. The minimum atomic E-state index is -0.249. The molecule has 0 bridgehead atoms. The quantitative estimate of drug-likeness (QED) is 0.538. The van der Waals surface area contributed by atoms with E-state index in [0.717, 1.165) is 18.7 Å². The van der Waals surface area contributed by atoms with Crippen LogP contribution in [-0.4, -0.2) is 54.0 Å². The van der Waals surface area contributed by atoms with E-state index in [2.05, 4.69) is 20.6 Å². The van der Waals surface area contributed by atoms with Crippen LogP contribution in [0.3, 0.4) is 0 Å². The molecule has 1 aliphatic rings. The zero-order valence-electron chi connectivity index (χ0n) is 17.2. The van der Waals surface area contributed by atoms with Crippen LogP contribution in [0.4, 0.5) is 0 Å². The highest BCUT2D eigenvalue weighted by atomic mass is 16.5. The minimum Gasteiger partial charge on any atom is -0.477 e. The first-order chi connectivity index (χ1) is 12.8. The summed E-state index contributed by atoms with van der Waals surface area (Å²) in [7, 11) is 1.86. The first-order valence-corrected chi connectivity index (χ1v) is 9.65. The molecule has 2 N–H and O–H groups in total. The highest BCUT2D eigenvalue weighted by Gasteiger charge is 2.22. The van der Waals surface area contributed by atoms with Crippen LogP contribution in [0.5, 0.6) is 5.88 Å². The summed E-state index contributed by atoms with van der Waals surface area (Å²) in [4.78, 5) is 22.9. The molecule has 150 valence electrons. The molecular formula is C20H33N5O2. The lowest BCUT2D eigenvalue weighted by Gasteiger charge is -2.25. The second-order valence-electron chi connectivity index (χ2n) is 8.08. The van der Waals surface area contributed by atoms with E-state index >= 15 is 0 Å². The van der Waals surface area contributed by atoms with Gasteiger partial charge in [0.05, 0.1) is 19.7 Å². The Bertz CT molecular complexity index is 650. The Hall–Kier alpha value is -2.31. The Balaban J connectivity index is 1.95. The molecule has 0 atom stereocenters. The minimum absolute atomic E-state index is 0.0322. The Morgan fingerprint density at radius 2 is 2.15 bits per heavy atom. The summed E-state index contributed by atoms with van der Waals surface area (Å²) in [6.07, 6.45) is 4.26. The number of likely N-dealkylation sites (N-methyl/N-ethyl adjacent to an activating group) is 1. The molecule has 0 spiro atoms. The number of guanidine groups is 1. The van der Waals surface area contributed by atoms with Gasteiger partial charge in [0.1, 0.15) is 0 Å². The predicted octanol–water partition coefficient (Wildman–Crippen LogP) is 2.18. The van der Waals surface area contributed by atoms with E-state index in [9.17, 15) is 4.79 Å². The molecular weight excluding hydrogens is 342 g/mol. The third-order valence-electron chi connectivity index (χ3n) is 3.97. The fourth-order valence-electron chi connectivity index (χ4n) is 2.50. The Morgan fingerprint density at radius 3 is 2.78 bits per heavy atom. The molecule has 2 rings (SSSR count). The highest BCUT2D eigenvalue weighted by molar-refractivity contribution is 5.86. The smallest absolute Gasteiger partial charge is 0.240 e. The van der Waals surface area contributed by atoms with Crippen molar-refractivity contribution in [1.29, 1.82) is 0 Å². The third kappa shape index (κ3) is 8.28. The lowest BCUT2D eigenvalue weighted by Crippen LogP contribution is -2.48. The molecule has 0 aromatic carbocycles. The van der Waals surface area contributed by atoms with E-state index < -0.39 is 0 Å². The van der Waals surface area contributed by atoms with Gasteiger partial charge < -0.3 is 20.3 Å². The fourth-order valence-corrected chi connectivity index (χ4v) is 2.50. The number of amides is 1. The first kappa shape index (κ1) is 21.0. The lowest BCUT2D eigenvalue weighted by atomic mass is 10.1. The van der Waals surface area contributed by atoms with Crippen LogP contribution in [0.1, 0.15) is 46.1 Å². The van der Waals surface area contributed by atoms with Gasteiger partial charge >= 0.3 is 0 Å². The molecule has 7 nitrogen and oxygen atoms in total. The van der Waals surface area contributed by atoms with Crippen LogP contribution in [0.15, 0.2) is 23.3 Å². The summed E-state index contributed by atoms with van der Waals surface area (Å²) in [6, 6.07) is 3.87. The SMILES string of the molecule is CCNC(=NCc1ccnc(OCC2CC2)c1)N(C)CC(=O)NC(C)(C)C. The molecule has 0 unspecified atom stereocenters. The number of aromatic nitrogens is 1. The Labute approximate surface area is 162 Å². The average Bonchev–Trinajstić information content (AvgIpc) is 3.39. The third-order valence-corrected chi connectivity index (χ3v) is 3.97. The molecule has 1 fully saturated rings. The number of nitrogens with one attached hydrogen (secondary N) is 2. The Kier molecular flexibility index (Phi) is 7.45. The summed E-state index contributed by atoms with van der Waals surface area (Å²) >= 11 is 0. The fraction of sp³-hybridized carbons (Fsp3) is 0.650. The van der Waals surface area contributed by atoms with Gasteiger partial charge in [-0.05, 0) is 58.1 Å². The number of carbonyl (C=O) groups excluding carboxylic acids is 1. The van der Waals surface area contributed by atoms with Gasteiger partial charge in [0.25, 0.3) is 0 Å². The van der Waals surface area contributed by atoms with Gasteiger partial charge in [0.2, 0.25) is 11.8 Å². The predicted molar refractivity (Wildman–Crippen MR) is 108 cm³/mol. The van der Waals surface area contributed by atoms with Crippen LogP contribution in [0.2, 0.25) is 0 Å². The Morgan fingerprint density at radius 1 is 1.41 bits per heavy atom. The van der Waals surface area contributed by atoms with Gasteiger partial charge in [-0.2, -0.15) is 0 Å². The van der Waals surface area contributed by atoms with Crippen molar-refractivity contribution in [2.24, 2.45) is 10.9 Å². The second kappa shape index (κ2) is 9.58. The summed E-state index contributed by atoms with van der Waals surface area (Å²) in [5.74, 6) is 2.01. The number of hydrogen-bond acceptors (Lipinski definition) is 4. The highest BCUT2D eigenvalue weighted by Crippen LogP contribution is 2.29. The van der Waals surface area contributed by atoms with E-state index in [0.29, 0.717) is 24.3 Å². The molecule has 1 heterocycles. The number of ether oxygens (including phenoxy) is 1. The van der Waals surface area contributed by atoms with E-state index in [1.54, 1.807) is 6.20 Å². The van der Waals surface area contributed by atoms with E-state index in [1.807, 2.05) is 51.8 Å². The molecule has 0 saturated heterocycles. The maximum atomic E-state index is 12.2. The normalized spacial score (nSPS) is 14.6. The van der Waals surface area contributed by atoms with Crippen LogP contribution in [0.25, 0.3) is 0 Å². The van der Waals surface area contributed by atoms with Crippen molar-refractivity contribution in [3.05, 3.63) is 23.9 Å². The van der Waals surface area contributed by atoms with Crippen molar-refractivity contribution in [2.75, 3.05) is 26.7 Å². The van der Waals surface area contributed by atoms with Gasteiger partial charge in [-0.15, -0.1) is 0 Å². The number of pyridine rings is 1. The first-order valence-electron chi connectivity index (χ1n) is 9.65. The van der Waals surface area contributed by atoms with Crippen molar-refractivity contribution in [1.82, 2.24) is 20.5 Å². The average molecular weight is 376 g/mol. The van der Waals surface area contributed by atoms with Crippen LogP contribution < -0.4 is 15.4 Å². The van der Waals surface area contributed by atoms with E-state index in [-0.39, 0.29) is 18.0 Å². The molecule has 0 aliphatic heterocycles. The van der Waals surface area contributed by atoms with Gasteiger partial charge in [-0.25, -0.2) is 9.98 Å². The van der Waals surface area contributed by atoms with E-state index in [4.69, 9.17) is 4.74 Å². The summed E-state index contributed by atoms with van der Waals surface area (Å²) in [5.41, 5.74) is 0.778. The van der Waals surface area contributed by atoms with Crippen molar-refractivity contribution < 1.29 is 9.53 Å². The summed E-state index contributed by atoms with van der Waals surface area (Å²) in [6.45, 7) is 10.1. The zero-order valence-corrected chi connectivity index (χ0v) is 17.2. The number of aliphatic imine (C=N–C) groups is 1. The maximum Gasteiger partial charge on any atom is 0.240 e. The zero-order chi connectivity index (χ0) is 19.9. The largest absolute Gasteiger partial charge is 0.477 e. The number of nitrogens with zero attached hydrogens (tertiary/aromatic N) is 3. The van der Waals surface area contributed by atoms with Crippen LogP contribution in [-0.2, 0) is 11.3 Å². The van der Waals surface area contributed by atoms with Crippen molar-refractivity contribution >= 4 is 11.9 Å².